The largest absolute Gasteiger partial charge is 0.450 e. The van der Waals surface area contributed by atoms with Crippen LogP contribution in [0.5, 0.6) is 0 Å². The standard InChI is InChI=1S/C24H26N4O3/c1-28(2)13-3-10-26-24(29)22-15-20(16-8-11-25-12-9-16)23(31-22)18-4-6-19-17(14-18)5-7-21(19)27-30/h4,6,8-9,11-12,14-15,30H,3,5,7,10,13H2,1-2H3,(H,26,29). The molecule has 160 valence electrons. The Kier molecular flexibility index (Phi) is 6.13. The number of aryl methyl sites for hydroxylation is 1. The van der Waals surface area contributed by atoms with Crippen LogP contribution < -0.4 is 5.32 Å². The fourth-order valence-electron chi connectivity index (χ4n) is 3.86. The number of nitrogens with one attached hydrogen (secondary N) is 1. The zero-order chi connectivity index (χ0) is 21.8. The molecular weight excluding hydrogens is 392 g/mol. The summed E-state index contributed by atoms with van der Waals surface area (Å²) in [6.45, 7) is 1.49. The Hall–Kier alpha value is -3.45. The van der Waals surface area contributed by atoms with Gasteiger partial charge in [-0.25, -0.2) is 0 Å². The third kappa shape index (κ3) is 4.51. The molecule has 1 amide bonds. The number of carbonyl (C=O) groups is 1. The van der Waals surface area contributed by atoms with E-state index in [9.17, 15) is 10.0 Å². The van der Waals surface area contributed by atoms with Crippen LogP contribution in [0.1, 0.15) is 34.5 Å². The van der Waals surface area contributed by atoms with Crippen LogP contribution in [0.3, 0.4) is 0 Å². The van der Waals surface area contributed by atoms with Gasteiger partial charge in [-0.1, -0.05) is 17.3 Å². The molecule has 0 fully saturated rings. The van der Waals surface area contributed by atoms with E-state index >= 15 is 0 Å². The number of benzene rings is 1. The molecule has 1 aliphatic carbocycles. The fraction of sp³-hybridized carbons (Fsp3) is 0.292. The van der Waals surface area contributed by atoms with E-state index < -0.39 is 0 Å². The Labute approximate surface area is 181 Å². The van der Waals surface area contributed by atoms with Crippen LogP contribution in [0.25, 0.3) is 22.5 Å². The average Bonchev–Trinajstić information content (AvgIpc) is 3.41. The summed E-state index contributed by atoms with van der Waals surface area (Å²) in [4.78, 5) is 18.9. The smallest absolute Gasteiger partial charge is 0.287 e. The van der Waals surface area contributed by atoms with Gasteiger partial charge in [0, 0.05) is 35.6 Å². The van der Waals surface area contributed by atoms with Gasteiger partial charge < -0.3 is 19.8 Å². The molecule has 0 aliphatic heterocycles. The summed E-state index contributed by atoms with van der Waals surface area (Å²) < 4.78 is 6.09. The van der Waals surface area contributed by atoms with Crippen molar-refractivity contribution in [2.75, 3.05) is 27.2 Å². The molecule has 0 spiro atoms. The number of amides is 1. The molecule has 0 bridgehead atoms. The number of aromatic nitrogens is 1. The van der Waals surface area contributed by atoms with Crippen molar-refractivity contribution < 1.29 is 14.4 Å². The lowest BCUT2D eigenvalue weighted by Gasteiger charge is -2.09. The summed E-state index contributed by atoms with van der Waals surface area (Å²) in [5.41, 5.74) is 5.43. The highest BCUT2D eigenvalue weighted by molar-refractivity contribution is 6.04. The summed E-state index contributed by atoms with van der Waals surface area (Å²) in [6, 6.07) is 11.5. The van der Waals surface area contributed by atoms with E-state index in [0.717, 1.165) is 47.2 Å². The molecule has 0 atom stereocenters. The topological polar surface area (TPSA) is 91.0 Å². The normalized spacial score (nSPS) is 14.2. The molecular formula is C24H26N4O3. The van der Waals surface area contributed by atoms with E-state index in [4.69, 9.17) is 4.42 Å². The predicted molar refractivity (Wildman–Crippen MR) is 120 cm³/mol. The first kappa shape index (κ1) is 20.8. The number of hydrogen-bond donors (Lipinski definition) is 2. The van der Waals surface area contributed by atoms with Crippen molar-refractivity contribution in [3.05, 3.63) is 65.7 Å². The second kappa shape index (κ2) is 9.14. The van der Waals surface area contributed by atoms with E-state index in [0.29, 0.717) is 24.4 Å². The highest BCUT2D eigenvalue weighted by Gasteiger charge is 2.23. The lowest BCUT2D eigenvalue weighted by Crippen LogP contribution is -2.26. The molecule has 31 heavy (non-hydrogen) atoms. The Bertz CT molecular complexity index is 1100. The Morgan fingerprint density at radius 2 is 1.94 bits per heavy atom. The molecule has 0 radical (unpaired) electrons. The number of oxime groups is 1. The average molecular weight is 418 g/mol. The van der Waals surface area contributed by atoms with Gasteiger partial charge in [0.05, 0.1) is 5.71 Å². The molecule has 0 unspecified atom stereocenters. The molecule has 2 heterocycles. The first-order valence-corrected chi connectivity index (χ1v) is 10.4. The van der Waals surface area contributed by atoms with Gasteiger partial charge in [-0.2, -0.15) is 0 Å². The molecule has 1 aliphatic rings. The molecule has 2 N–H and O–H groups in total. The minimum Gasteiger partial charge on any atom is -0.450 e. The SMILES string of the molecule is CN(C)CCCNC(=O)c1cc(-c2ccncc2)c(-c2ccc3c(c2)CCC3=NO)o1. The number of hydrogen-bond acceptors (Lipinski definition) is 6. The molecule has 7 nitrogen and oxygen atoms in total. The summed E-state index contributed by atoms with van der Waals surface area (Å²) in [6.07, 6.45) is 5.83. The Balaban J connectivity index is 1.66. The van der Waals surface area contributed by atoms with Gasteiger partial charge in [0.1, 0.15) is 5.76 Å². The van der Waals surface area contributed by atoms with Crippen LogP contribution in [-0.2, 0) is 6.42 Å². The van der Waals surface area contributed by atoms with Crippen molar-refractivity contribution in [3.8, 4) is 22.5 Å². The minimum atomic E-state index is -0.226. The number of furan rings is 1. The number of nitrogens with zero attached hydrogens (tertiary/aromatic N) is 3. The lowest BCUT2D eigenvalue weighted by atomic mass is 9.99. The Morgan fingerprint density at radius 3 is 2.68 bits per heavy atom. The van der Waals surface area contributed by atoms with Crippen molar-refractivity contribution >= 4 is 11.6 Å². The molecule has 1 aromatic carbocycles. The van der Waals surface area contributed by atoms with Crippen LogP contribution in [-0.4, -0.2) is 53.9 Å². The number of pyridine rings is 1. The fourth-order valence-corrected chi connectivity index (χ4v) is 3.86. The van der Waals surface area contributed by atoms with E-state index in [1.807, 2.05) is 38.4 Å². The van der Waals surface area contributed by atoms with Gasteiger partial charge in [0.15, 0.2) is 5.76 Å². The Morgan fingerprint density at radius 1 is 1.13 bits per heavy atom. The minimum absolute atomic E-state index is 0.226. The highest BCUT2D eigenvalue weighted by atomic mass is 16.4. The van der Waals surface area contributed by atoms with Gasteiger partial charge in [-0.05, 0) is 75.3 Å². The van der Waals surface area contributed by atoms with Gasteiger partial charge in [0.2, 0.25) is 0 Å². The summed E-state index contributed by atoms with van der Waals surface area (Å²) in [5, 5.41) is 15.5. The van der Waals surface area contributed by atoms with Crippen molar-refractivity contribution in [1.29, 1.82) is 0 Å². The predicted octanol–water partition coefficient (Wildman–Crippen LogP) is 3.81. The third-order valence-electron chi connectivity index (χ3n) is 5.45. The lowest BCUT2D eigenvalue weighted by molar-refractivity contribution is 0.0925. The number of carbonyl (C=O) groups excluding carboxylic acids is 1. The van der Waals surface area contributed by atoms with Gasteiger partial charge in [0.25, 0.3) is 5.91 Å². The summed E-state index contributed by atoms with van der Waals surface area (Å²) >= 11 is 0. The molecule has 3 aromatic rings. The van der Waals surface area contributed by atoms with Crippen molar-refractivity contribution in [2.45, 2.75) is 19.3 Å². The van der Waals surface area contributed by atoms with Gasteiger partial charge >= 0.3 is 0 Å². The van der Waals surface area contributed by atoms with Crippen LogP contribution in [0.15, 0.2) is 58.4 Å². The molecule has 0 saturated carbocycles. The van der Waals surface area contributed by atoms with Gasteiger partial charge in [-0.15, -0.1) is 0 Å². The number of fused-ring (bicyclic) bond motifs is 1. The van der Waals surface area contributed by atoms with E-state index in [2.05, 4.69) is 26.4 Å². The maximum absolute atomic E-state index is 12.7. The van der Waals surface area contributed by atoms with Crippen LogP contribution >= 0.6 is 0 Å². The zero-order valence-corrected chi connectivity index (χ0v) is 17.8. The van der Waals surface area contributed by atoms with Crippen molar-refractivity contribution in [2.24, 2.45) is 5.16 Å². The summed E-state index contributed by atoms with van der Waals surface area (Å²) in [5.74, 6) is 0.697. The first-order valence-electron chi connectivity index (χ1n) is 10.4. The molecule has 0 saturated heterocycles. The number of rotatable bonds is 7. The van der Waals surface area contributed by atoms with Crippen LogP contribution in [0.2, 0.25) is 0 Å². The maximum Gasteiger partial charge on any atom is 0.287 e. The van der Waals surface area contributed by atoms with Crippen LogP contribution in [0.4, 0.5) is 0 Å². The monoisotopic (exact) mass is 418 g/mol. The second-order valence-electron chi connectivity index (χ2n) is 7.92. The van der Waals surface area contributed by atoms with Gasteiger partial charge in [-0.3, -0.25) is 9.78 Å². The maximum atomic E-state index is 12.7. The highest BCUT2D eigenvalue weighted by Crippen LogP contribution is 2.37. The van der Waals surface area contributed by atoms with Crippen molar-refractivity contribution in [1.82, 2.24) is 15.2 Å². The van der Waals surface area contributed by atoms with E-state index in [1.165, 1.54) is 0 Å². The summed E-state index contributed by atoms with van der Waals surface area (Å²) in [7, 11) is 4.02. The third-order valence-corrected chi connectivity index (χ3v) is 5.45. The quantitative estimate of drug-likeness (QED) is 0.346. The van der Waals surface area contributed by atoms with Crippen molar-refractivity contribution in [3.63, 3.8) is 0 Å². The molecule has 7 heteroatoms. The molecule has 2 aromatic heterocycles. The van der Waals surface area contributed by atoms with E-state index in [-0.39, 0.29) is 11.7 Å². The second-order valence-corrected chi connectivity index (χ2v) is 7.92. The first-order chi connectivity index (χ1) is 15.1. The molecule has 4 rings (SSSR count). The van der Waals surface area contributed by atoms with E-state index in [1.54, 1.807) is 18.5 Å². The van der Waals surface area contributed by atoms with Crippen LogP contribution in [0, 0.1) is 0 Å². The zero-order valence-electron chi connectivity index (χ0n) is 17.8.